The first-order chi connectivity index (χ1) is 38.3. The molecule has 9 nitrogen and oxygen atoms in total. The van der Waals surface area contributed by atoms with Crippen LogP contribution in [0.5, 0.6) is 0 Å². The fourth-order valence-corrected chi connectivity index (χ4v) is 11.8. The summed E-state index contributed by atoms with van der Waals surface area (Å²) in [5.41, 5.74) is 5.40. The Hall–Kier alpha value is -0.990. The third-order valence-electron chi connectivity index (χ3n) is 16.2. The molecule has 0 fully saturated rings. The number of phosphoric acid groups is 1. The van der Waals surface area contributed by atoms with E-state index in [0.717, 1.165) is 32.1 Å². The van der Waals surface area contributed by atoms with Crippen molar-refractivity contribution < 1.29 is 37.6 Å². The quantitative estimate of drug-likeness (QED) is 0.0347. The number of esters is 2. The van der Waals surface area contributed by atoms with Crippen LogP contribution in [0.1, 0.15) is 393 Å². The predicted molar refractivity (Wildman–Crippen MR) is 335 cm³/mol. The van der Waals surface area contributed by atoms with Gasteiger partial charge >= 0.3 is 19.8 Å². The molecule has 3 N–H and O–H groups in total. The molecule has 466 valence electrons. The first-order valence-corrected chi connectivity index (χ1v) is 36.5. The topological polar surface area (TPSA) is 134 Å². The van der Waals surface area contributed by atoms with Crippen LogP contribution in [0, 0.1) is 0 Å². The van der Waals surface area contributed by atoms with Crippen LogP contribution in [0.25, 0.3) is 0 Å². The molecule has 0 aromatic carbocycles. The molecule has 2 unspecified atom stereocenters. The van der Waals surface area contributed by atoms with Gasteiger partial charge in [-0.05, 0) is 12.8 Å². The zero-order valence-corrected chi connectivity index (χ0v) is 53.3. The van der Waals surface area contributed by atoms with E-state index in [1.807, 2.05) is 0 Å². The van der Waals surface area contributed by atoms with Gasteiger partial charge in [-0.1, -0.05) is 367 Å². The predicted octanol–water partition coefficient (Wildman–Crippen LogP) is 22.6. The summed E-state index contributed by atoms with van der Waals surface area (Å²) in [6.07, 6.45) is 76.4. The molecule has 0 saturated heterocycles. The van der Waals surface area contributed by atoms with Gasteiger partial charge in [0.2, 0.25) is 0 Å². The van der Waals surface area contributed by atoms with E-state index in [0.29, 0.717) is 12.8 Å². The standard InChI is InChI=1S/C68H136NO8P/c1-3-5-7-9-11-13-15-17-19-21-23-25-27-28-29-30-31-32-33-34-35-36-37-38-39-41-43-45-47-49-51-53-55-57-59-61-68(71)77-66(65-76-78(72,73)75-63-62-69)64-74-67(70)60-58-56-54-52-50-48-46-44-42-40-26-24-22-20-18-16-14-12-10-8-6-4-2/h66H,3-65,69H2,1-2H3,(H,72,73). The molecule has 0 aromatic rings. The van der Waals surface area contributed by atoms with Crippen molar-refractivity contribution in [2.45, 2.75) is 399 Å². The summed E-state index contributed by atoms with van der Waals surface area (Å²) in [4.78, 5) is 35.3. The molecule has 0 saturated carbocycles. The summed E-state index contributed by atoms with van der Waals surface area (Å²) < 4.78 is 33.2. The molecular formula is C68H136NO8P. The highest BCUT2D eigenvalue weighted by molar-refractivity contribution is 7.47. The molecule has 0 aliphatic rings. The molecule has 0 aliphatic carbocycles. The fourth-order valence-electron chi connectivity index (χ4n) is 11.1. The third kappa shape index (κ3) is 64.2. The summed E-state index contributed by atoms with van der Waals surface area (Å²) in [6.45, 7) is 3.84. The average molecular weight is 1130 g/mol. The first-order valence-electron chi connectivity index (χ1n) is 35.0. The minimum absolute atomic E-state index is 0.0588. The maximum absolute atomic E-state index is 12.8. The van der Waals surface area contributed by atoms with E-state index < -0.39 is 26.5 Å². The molecule has 10 heteroatoms. The van der Waals surface area contributed by atoms with Crippen LogP contribution in [-0.2, 0) is 32.7 Å². The van der Waals surface area contributed by atoms with Crippen molar-refractivity contribution in [1.29, 1.82) is 0 Å². The van der Waals surface area contributed by atoms with Crippen LogP contribution >= 0.6 is 7.82 Å². The number of phosphoric ester groups is 1. The number of hydrogen-bond acceptors (Lipinski definition) is 8. The van der Waals surface area contributed by atoms with Crippen LogP contribution in [0.2, 0.25) is 0 Å². The molecule has 0 aromatic heterocycles. The molecule has 0 bridgehead atoms. The second kappa shape index (κ2) is 65.2. The highest BCUT2D eigenvalue weighted by Crippen LogP contribution is 2.43. The van der Waals surface area contributed by atoms with Crippen molar-refractivity contribution in [3.05, 3.63) is 0 Å². The van der Waals surface area contributed by atoms with Crippen molar-refractivity contribution in [2.24, 2.45) is 5.73 Å². The fraction of sp³-hybridized carbons (Fsp3) is 0.971. The molecule has 0 radical (unpaired) electrons. The molecule has 0 heterocycles. The largest absolute Gasteiger partial charge is 0.472 e. The van der Waals surface area contributed by atoms with E-state index in [2.05, 4.69) is 13.8 Å². The van der Waals surface area contributed by atoms with Crippen LogP contribution in [0.3, 0.4) is 0 Å². The lowest BCUT2D eigenvalue weighted by Crippen LogP contribution is -2.29. The zero-order chi connectivity index (χ0) is 56.6. The number of ether oxygens (including phenoxy) is 2. The highest BCUT2D eigenvalue weighted by Gasteiger charge is 2.26. The second-order valence-electron chi connectivity index (χ2n) is 24.1. The van der Waals surface area contributed by atoms with Gasteiger partial charge in [0, 0.05) is 19.4 Å². The first kappa shape index (κ1) is 77.0. The van der Waals surface area contributed by atoms with Gasteiger partial charge in [-0.15, -0.1) is 0 Å². The Morgan fingerprint density at radius 2 is 0.551 bits per heavy atom. The molecule has 2 atom stereocenters. The Kier molecular flexibility index (Phi) is 64.3. The number of carbonyl (C=O) groups excluding carboxylic acids is 2. The van der Waals surface area contributed by atoms with E-state index in [4.69, 9.17) is 24.3 Å². The monoisotopic (exact) mass is 1130 g/mol. The zero-order valence-electron chi connectivity index (χ0n) is 52.5. The van der Waals surface area contributed by atoms with Crippen LogP contribution in [-0.4, -0.2) is 49.3 Å². The number of nitrogens with two attached hydrogens (primary N) is 1. The summed E-state index contributed by atoms with van der Waals surface area (Å²) in [7, 11) is -4.38. The normalized spacial score (nSPS) is 12.8. The van der Waals surface area contributed by atoms with Gasteiger partial charge in [0.25, 0.3) is 0 Å². The number of hydrogen-bond donors (Lipinski definition) is 2. The minimum Gasteiger partial charge on any atom is -0.462 e. The summed E-state index contributed by atoms with van der Waals surface area (Å²) in [6, 6.07) is 0. The van der Waals surface area contributed by atoms with Gasteiger partial charge in [0.15, 0.2) is 6.10 Å². The Bertz CT molecular complexity index is 1240. The molecule has 0 amide bonds. The SMILES string of the molecule is CCCCCCCCCCCCCCCCCCCCCCCCCCCCCCCCCCCCCC(=O)OC(COC(=O)CCCCCCCCCCCCCCCCCCCCCCCC)COP(=O)(O)OCCN. The minimum atomic E-state index is -4.38. The Morgan fingerprint density at radius 3 is 0.782 bits per heavy atom. The summed E-state index contributed by atoms with van der Waals surface area (Å²) in [5.74, 6) is -0.798. The summed E-state index contributed by atoms with van der Waals surface area (Å²) in [5, 5.41) is 0. The van der Waals surface area contributed by atoms with Gasteiger partial charge in [-0.25, -0.2) is 4.57 Å². The van der Waals surface area contributed by atoms with E-state index in [9.17, 15) is 19.0 Å². The summed E-state index contributed by atoms with van der Waals surface area (Å²) >= 11 is 0. The Balaban J connectivity index is 3.76. The van der Waals surface area contributed by atoms with Crippen LogP contribution in [0.15, 0.2) is 0 Å². The van der Waals surface area contributed by atoms with E-state index in [1.54, 1.807) is 0 Å². The van der Waals surface area contributed by atoms with Gasteiger partial charge in [-0.2, -0.15) is 0 Å². The van der Waals surface area contributed by atoms with Crippen molar-refractivity contribution in [3.63, 3.8) is 0 Å². The Labute approximate surface area is 486 Å². The lowest BCUT2D eigenvalue weighted by Gasteiger charge is -2.19. The maximum Gasteiger partial charge on any atom is 0.472 e. The van der Waals surface area contributed by atoms with Crippen molar-refractivity contribution in [1.82, 2.24) is 0 Å². The number of unbranched alkanes of at least 4 members (excludes halogenated alkanes) is 55. The average Bonchev–Trinajstić information content (AvgIpc) is 3.43. The van der Waals surface area contributed by atoms with Crippen LogP contribution in [0.4, 0.5) is 0 Å². The lowest BCUT2D eigenvalue weighted by atomic mass is 10.0. The Morgan fingerprint density at radius 1 is 0.333 bits per heavy atom. The van der Waals surface area contributed by atoms with Gasteiger partial charge in [0.05, 0.1) is 13.2 Å². The number of carbonyl (C=O) groups is 2. The second-order valence-corrected chi connectivity index (χ2v) is 25.6. The molecule has 0 aliphatic heterocycles. The van der Waals surface area contributed by atoms with Gasteiger partial charge in [0.1, 0.15) is 6.61 Å². The molecular weight excluding hydrogens is 990 g/mol. The number of rotatable bonds is 68. The maximum atomic E-state index is 12.8. The van der Waals surface area contributed by atoms with Crippen molar-refractivity contribution in [3.8, 4) is 0 Å². The van der Waals surface area contributed by atoms with E-state index in [-0.39, 0.29) is 32.1 Å². The van der Waals surface area contributed by atoms with Crippen LogP contribution < -0.4 is 5.73 Å². The third-order valence-corrected chi connectivity index (χ3v) is 17.2. The van der Waals surface area contributed by atoms with E-state index >= 15 is 0 Å². The van der Waals surface area contributed by atoms with Gasteiger partial charge in [-0.3, -0.25) is 18.6 Å². The lowest BCUT2D eigenvalue weighted by molar-refractivity contribution is -0.161. The van der Waals surface area contributed by atoms with Gasteiger partial charge < -0.3 is 20.1 Å². The van der Waals surface area contributed by atoms with E-state index in [1.165, 1.54) is 327 Å². The molecule has 0 spiro atoms. The molecule has 78 heavy (non-hydrogen) atoms. The highest BCUT2D eigenvalue weighted by atomic mass is 31.2. The van der Waals surface area contributed by atoms with Crippen molar-refractivity contribution >= 4 is 19.8 Å². The van der Waals surface area contributed by atoms with Crippen molar-refractivity contribution in [2.75, 3.05) is 26.4 Å². The smallest absolute Gasteiger partial charge is 0.462 e. The molecule has 0 rings (SSSR count).